The second-order valence-electron chi connectivity index (χ2n) is 7.84. The Kier molecular flexibility index (Phi) is 7.57. The van der Waals surface area contributed by atoms with Gasteiger partial charge in [0.05, 0.1) is 6.54 Å². The number of carbonyl (C=O) groups excluding carboxylic acids is 3. The van der Waals surface area contributed by atoms with Crippen molar-refractivity contribution >= 4 is 23.4 Å². The van der Waals surface area contributed by atoms with Gasteiger partial charge >= 0.3 is 0 Å². The number of nitrogens with zero attached hydrogens (tertiary/aromatic N) is 2. The quantitative estimate of drug-likeness (QED) is 0.775. The van der Waals surface area contributed by atoms with Gasteiger partial charge in [0.15, 0.2) is 0 Å². The maximum Gasteiger partial charge on any atom is 0.245 e. The van der Waals surface area contributed by atoms with E-state index in [1.165, 1.54) is 6.92 Å². The van der Waals surface area contributed by atoms with Gasteiger partial charge in [0.2, 0.25) is 17.7 Å². The molecular weight excluding hydrogens is 356 g/mol. The molecule has 7 nitrogen and oxygen atoms in total. The lowest BCUT2D eigenvalue weighted by molar-refractivity contribution is -0.139. The molecular formula is C21H32N4O3. The number of anilines is 1. The molecule has 1 fully saturated rings. The van der Waals surface area contributed by atoms with Crippen LogP contribution in [0.25, 0.3) is 0 Å². The number of benzene rings is 1. The summed E-state index contributed by atoms with van der Waals surface area (Å²) in [6, 6.07) is 5.43. The van der Waals surface area contributed by atoms with Gasteiger partial charge in [-0.1, -0.05) is 32.0 Å². The highest BCUT2D eigenvalue weighted by Gasteiger charge is 2.30. The van der Waals surface area contributed by atoms with Gasteiger partial charge < -0.3 is 15.5 Å². The minimum atomic E-state index is -0.503. The zero-order chi connectivity index (χ0) is 20.8. The lowest BCUT2D eigenvalue weighted by Gasteiger charge is -2.37. The van der Waals surface area contributed by atoms with Crippen molar-refractivity contribution < 1.29 is 14.4 Å². The van der Waals surface area contributed by atoms with Gasteiger partial charge in [0.1, 0.15) is 6.04 Å². The van der Waals surface area contributed by atoms with Crippen LogP contribution in [-0.4, -0.2) is 66.3 Å². The number of carbonyl (C=O) groups is 3. The van der Waals surface area contributed by atoms with E-state index in [2.05, 4.69) is 15.5 Å². The van der Waals surface area contributed by atoms with Gasteiger partial charge in [0, 0.05) is 38.8 Å². The molecule has 1 saturated heterocycles. The molecule has 7 heteroatoms. The highest BCUT2D eigenvalue weighted by Crippen LogP contribution is 2.19. The van der Waals surface area contributed by atoms with Crippen molar-refractivity contribution in [3.05, 3.63) is 29.3 Å². The first kappa shape index (κ1) is 21.9. The second-order valence-corrected chi connectivity index (χ2v) is 7.84. The molecule has 1 aliphatic heterocycles. The minimum absolute atomic E-state index is 0.0255. The smallest absolute Gasteiger partial charge is 0.245 e. The number of rotatable bonds is 6. The Morgan fingerprint density at radius 1 is 1.04 bits per heavy atom. The molecule has 0 spiro atoms. The lowest BCUT2D eigenvalue weighted by atomic mass is 10.0. The summed E-state index contributed by atoms with van der Waals surface area (Å²) in [6.07, 6.45) is 0. The molecule has 0 aromatic heterocycles. The first-order valence-corrected chi connectivity index (χ1v) is 9.83. The molecule has 1 atom stereocenters. The summed E-state index contributed by atoms with van der Waals surface area (Å²) in [4.78, 5) is 40.4. The predicted octanol–water partition coefficient (Wildman–Crippen LogP) is 1.55. The van der Waals surface area contributed by atoms with Crippen LogP contribution in [0.2, 0.25) is 0 Å². The van der Waals surface area contributed by atoms with Crippen molar-refractivity contribution in [2.24, 2.45) is 5.92 Å². The summed E-state index contributed by atoms with van der Waals surface area (Å²) < 4.78 is 0. The molecule has 0 bridgehead atoms. The van der Waals surface area contributed by atoms with Gasteiger partial charge in [-0.05, 0) is 30.9 Å². The standard InChI is InChI=1S/C21H32N4O3/c1-14(2)19(22-17(5)26)21(28)25-11-9-24(10-12-25)13-18(27)23-20-15(3)7-6-8-16(20)4/h6-8,14,19H,9-13H2,1-5H3,(H,22,26)(H,23,27). The molecule has 0 saturated carbocycles. The normalized spacial score (nSPS) is 16.0. The highest BCUT2D eigenvalue weighted by molar-refractivity contribution is 5.93. The predicted molar refractivity (Wildman–Crippen MR) is 110 cm³/mol. The van der Waals surface area contributed by atoms with Crippen LogP contribution in [0.1, 0.15) is 31.9 Å². The van der Waals surface area contributed by atoms with Crippen molar-refractivity contribution in [3.63, 3.8) is 0 Å². The Hall–Kier alpha value is -2.41. The third-order valence-corrected chi connectivity index (χ3v) is 5.09. The monoisotopic (exact) mass is 388 g/mol. The SMILES string of the molecule is CC(=O)NC(C(=O)N1CCN(CC(=O)Nc2c(C)cccc2C)CC1)C(C)C. The van der Waals surface area contributed by atoms with E-state index in [4.69, 9.17) is 0 Å². The number of piperazine rings is 1. The van der Waals surface area contributed by atoms with Gasteiger partial charge in [-0.25, -0.2) is 0 Å². The Bertz CT molecular complexity index is 704. The van der Waals surface area contributed by atoms with Crippen LogP contribution < -0.4 is 10.6 Å². The number of hydrogen-bond donors (Lipinski definition) is 2. The van der Waals surface area contributed by atoms with Gasteiger partial charge in [-0.15, -0.1) is 0 Å². The van der Waals surface area contributed by atoms with E-state index in [-0.39, 0.29) is 23.6 Å². The molecule has 2 rings (SSSR count). The fourth-order valence-corrected chi connectivity index (χ4v) is 3.45. The molecule has 0 radical (unpaired) electrons. The van der Waals surface area contributed by atoms with Crippen LogP contribution >= 0.6 is 0 Å². The summed E-state index contributed by atoms with van der Waals surface area (Å²) in [5.74, 6) is -0.272. The van der Waals surface area contributed by atoms with Crippen molar-refractivity contribution in [1.82, 2.24) is 15.1 Å². The van der Waals surface area contributed by atoms with Gasteiger partial charge in [-0.3, -0.25) is 19.3 Å². The number of nitrogens with one attached hydrogen (secondary N) is 2. The van der Waals surface area contributed by atoms with Crippen molar-refractivity contribution in [2.45, 2.75) is 40.7 Å². The molecule has 1 aromatic carbocycles. The minimum Gasteiger partial charge on any atom is -0.344 e. The molecule has 1 aromatic rings. The Morgan fingerprint density at radius 3 is 2.11 bits per heavy atom. The van der Waals surface area contributed by atoms with E-state index in [9.17, 15) is 14.4 Å². The Balaban J connectivity index is 1.87. The van der Waals surface area contributed by atoms with Crippen LogP contribution in [0, 0.1) is 19.8 Å². The second kappa shape index (κ2) is 9.68. The van der Waals surface area contributed by atoms with Crippen molar-refractivity contribution in [2.75, 3.05) is 38.0 Å². The van der Waals surface area contributed by atoms with E-state index in [0.717, 1.165) is 16.8 Å². The first-order chi connectivity index (χ1) is 13.2. The number of para-hydroxylation sites is 1. The van der Waals surface area contributed by atoms with E-state index in [1.807, 2.05) is 45.9 Å². The van der Waals surface area contributed by atoms with Crippen LogP contribution in [0.15, 0.2) is 18.2 Å². The van der Waals surface area contributed by atoms with Crippen LogP contribution in [0.5, 0.6) is 0 Å². The Morgan fingerprint density at radius 2 is 1.61 bits per heavy atom. The summed E-state index contributed by atoms with van der Waals surface area (Å²) in [6.45, 7) is 11.9. The van der Waals surface area contributed by atoms with E-state index in [1.54, 1.807) is 4.90 Å². The fourth-order valence-electron chi connectivity index (χ4n) is 3.45. The summed E-state index contributed by atoms with van der Waals surface area (Å²) in [5, 5.41) is 5.76. The molecule has 0 aliphatic carbocycles. The molecule has 1 heterocycles. The average molecular weight is 389 g/mol. The van der Waals surface area contributed by atoms with Crippen LogP contribution in [0.4, 0.5) is 5.69 Å². The first-order valence-electron chi connectivity index (χ1n) is 9.83. The molecule has 2 N–H and O–H groups in total. The molecule has 1 unspecified atom stereocenters. The maximum atomic E-state index is 12.7. The van der Waals surface area contributed by atoms with E-state index >= 15 is 0 Å². The van der Waals surface area contributed by atoms with E-state index < -0.39 is 6.04 Å². The lowest BCUT2D eigenvalue weighted by Crippen LogP contribution is -2.56. The number of hydrogen-bond acceptors (Lipinski definition) is 4. The van der Waals surface area contributed by atoms with Crippen LogP contribution in [-0.2, 0) is 14.4 Å². The van der Waals surface area contributed by atoms with Gasteiger partial charge in [0.25, 0.3) is 0 Å². The van der Waals surface area contributed by atoms with Crippen LogP contribution in [0.3, 0.4) is 0 Å². The zero-order valence-corrected chi connectivity index (χ0v) is 17.5. The topological polar surface area (TPSA) is 81.8 Å². The summed E-state index contributed by atoms with van der Waals surface area (Å²) in [5.41, 5.74) is 2.96. The molecule has 1 aliphatic rings. The number of amides is 3. The number of aryl methyl sites for hydroxylation is 2. The zero-order valence-electron chi connectivity index (χ0n) is 17.5. The maximum absolute atomic E-state index is 12.7. The molecule has 3 amide bonds. The third-order valence-electron chi connectivity index (χ3n) is 5.09. The summed E-state index contributed by atoms with van der Waals surface area (Å²) in [7, 11) is 0. The van der Waals surface area contributed by atoms with Crippen molar-refractivity contribution in [1.29, 1.82) is 0 Å². The summed E-state index contributed by atoms with van der Waals surface area (Å²) >= 11 is 0. The Labute approximate surface area is 167 Å². The molecule has 154 valence electrons. The van der Waals surface area contributed by atoms with Gasteiger partial charge in [-0.2, -0.15) is 0 Å². The largest absolute Gasteiger partial charge is 0.344 e. The molecule has 28 heavy (non-hydrogen) atoms. The fraction of sp³-hybridized carbons (Fsp3) is 0.571. The highest BCUT2D eigenvalue weighted by atomic mass is 16.2. The van der Waals surface area contributed by atoms with Crippen molar-refractivity contribution in [3.8, 4) is 0 Å². The third kappa shape index (κ3) is 5.79. The van der Waals surface area contributed by atoms with E-state index in [0.29, 0.717) is 32.7 Å². The average Bonchev–Trinajstić information content (AvgIpc) is 2.62.